The van der Waals surface area contributed by atoms with E-state index in [1.54, 1.807) is 14.2 Å². The highest BCUT2D eigenvalue weighted by Crippen LogP contribution is 2.27. The Hall–Kier alpha value is -1.60. The molecule has 0 amide bonds. The van der Waals surface area contributed by atoms with Crippen LogP contribution in [-0.4, -0.2) is 39.3 Å². The van der Waals surface area contributed by atoms with Crippen LogP contribution in [0.2, 0.25) is 0 Å². The van der Waals surface area contributed by atoms with E-state index in [1.807, 2.05) is 0 Å². The molecule has 0 radical (unpaired) electrons. The van der Waals surface area contributed by atoms with E-state index in [1.165, 1.54) is 11.1 Å². The second kappa shape index (κ2) is 12.7. The van der Waals surface area contributed by atoms with Crippen molar-refractivity contribution in [2.24, 2.45) is 4.99 Å². The van der Waals surface area contributed by atoms with Crippen molar-refractivity contribution in [1.29, 1.82) is 0 Å². The molecular weight excluding hydrogens is 437 g/mol. The maximum absolute atomic E-state index is 5.16. The highest BCUT2D eigenvalue weighted by Gasteiger charge is 2.14. The molecule has 0 aromatic heterocycles. The average molecular weight is 467 g/mol. The van der Waals surface area contributed by atoms with Gasteiger partial charge in [-0.15, -0.1) is 24.0 Å². The quantitative estimate of drug-likeness (QED) is 0.350. The number of ether oxygens (including phenoxy) is 1. The summed E-state index contributed by atoms with van der Waals surface area (Å²) in [5.74, 6) is 1.17. The minimum absolute atomic E-state index is 0. The standard InChI is InChI=1S/C21H29N3O.HI/c1-17(16-25-3)24-21(22-2)23-15-14-20(18-10-6-4-7-11-18)19-12-8-5-9-13-19;/h4-13,17,20H,14-16H2,1-3H3,(H2,22,23,24);1H. The fraction of sp³-hybridized carbons (Fsp3) is 0.381. The number of nitrogens with zero attached hydrogens (tertiary/aromatic N) is 1. The highest BCUT2D eigenvalue weighted by atomic mass is 127. The second-order valence-corrected chi connectivity index (χ2v) is 6.16. The van der Waals surface area contributed by atoms with E-state index < -0.39 is 0 Å². The van der Waals surface area contributed by atoms with Gasteiger partial charge in [-0.2, -0.15) is 0 Å². The molecule has 142 valence electrons. The van der Waals surface area contributed by atoms with Gasteiger partial charge < -0.3 is 15.4 Å². The lowest BCUT2D eigenvalue weighted by atomic mass is 9.88. The molecule has 2 rings (SSSR count). The molecule has 0 fully saturated rings. The van der Waals surface area contributed by atoms with E-state index in [-0.39, 0.29) is 30.0 Å². The molecule has 0 heterocycles. The zero-order valence-corrected chi connectivity index (χ0v) is 18.1. The third-order valence-electron chi connectivity index (χ3n) is 4.15. The molecule has 2 N–H and O–H groups in total. The normalized spacial score (nSPS) is 12.4. The number of aliphatic imine (C=N–C) groups is 1. The van der Waals surface area contributed by atoms with Gasteiger partial charge in [0.15, 0.2) is 5.96 Å². The summed E-state index contributed by atoms with van der Waals surface area (Å²) in [5.41, 5.74) is 2.68. The van der Waals surface area contributed by atoms with Gasteiger partial charge in [-0.1, -0.05) is 60.7 Å². The zero-order chi connectivity index (χ0) is 17.9. The first-order valence-electron chi connectivity index (χ1n) is 8.80. The van der Waals surface area contributed by atoms with E-state index >= 15 is 0 Å². The van der Waals surface area contributed by atoms with E-state index in [0.29, 0.717) is 12.5 Å². The summed E-state index contributed by atoms with van der Waals surface area (Å²) in [6, 6.07) is 21.6. The molecule has 1 unspecified atom stereocenters. The maximum atomic E-state index is 5.16. The van der Waals surface area contributed by atoms with Crippen molar-refractivity contribution < 1.29 is 4.74 Å². The van der Waals surface area contributed by atoms with Crippen molar-refractivity contribution in [3.63, 3.8) is 0 Å². The number of halogens is 1. The third kappa shape index (κ3) is 7.33. The summed E-state index contributed by atoms with van der Waals surface area (Å²) in [6.45, 7) is 3.57. The molecule has 4 nitrogen and oxygen atoms in total. The van der Waals surface area contributed by atoms with E-state index in [9.17, 15) is 0 Å². The summed E-state index contributed by atoms with van der Waals surface area (Å²) in [6.07, 6.45) is 0.993. The van der Waals surface area contributed by atoms with Crippen LogP contribution in [0.1, 0.15) is 30.4 Å². The van der Waals surface area contributed by atoms with Crippen molar-refractivity contribution in [1.82, 2.24) is 10.6 Å². The van der Waals surface area contributed by atoms with Crippen molar-refractivity contribution in [2.45, 2.75) is 25.3 Å². The molecule has 0 aliphatic rings. The number of hydrogen-bond donors (Lipinski definition) is 2. The molecule has 0 spiro atoms. The van der Waals surface area contributed by atoms with E-state index in [4.69, 9.17) is 4.74 Å². The van der Waals surface area contributed by atoms with Gasteiger partial charge in [0.25, 0.3) is 0 Å². The lowest BCUT2D eigenvalue weighted by Gasteiger charge is -2.21. The van der Waals surface area contributed by atoms with Gasteiger partial charge in [0.2, 0.25) is 0 Å². The predicted molar refractivity (Wildman–Crippen MR) is 121 cm³/mol. The Morgan fingerprint density at radius 3 is 2.00 bits per heavy atom. The smallest absolute Gasteiger partial charge is 0.191 e. The van der Waals surface area contributed by atoms with Crippen LogP contribution in [0.4, 0.5) is 0 Å². The first kappa shape index (κ1) is 22.4. The molecule has 2 aromatic carbocycles. The summed E-state index contributed by atoms with van der Waals surface area (Å²) in [4.78, 5) is 4.29. The monoisotopic (exact) mass is 467 g/mol. The van der Waals surface area contributed by atoms with E-state index in [2.05, 4.69) is 83.2 Å². The van der Waals surface area contributed by atoms with Crippen LogP contribution >= 0.6 is 24.0 Å². The van der Waals surface area contributed by atoms with Crippen molar-refractivity contribution in [2.75, 3.05) is 27.3 Å². The molecule has 0 saturated carbocycles. The molecule has 0 aliphatic carbocycles. The summed E-state index contributed by atoms with van der Waals surface area (Å²) in [5, 5.41) is 6.75. The fourth-order valence-corrected chi connectivity index (χ4v) is 2.95. The Labute approximate surface area is 174 Å². The summed E-state index contributed by atoms with van der Waals surface area (Å²) in [7, 11) is 3.50. The first-order valence-corrected chi connectivity index (χ1v) is 8.80. The van der Waals surface area contributed by atoms with Crippen LogP contribution in [0.15, 0.2) is 65.7 Å². The Balaban J connectivity index is 0.00000338. The number of rotatable bonds is 8. The lowest BCUT2D eigenvalue weighted by Crippen LogP contribution is -2.44. The largest absolute Gasteiger partial charge is 0.383 e. The Morgan fingerprint density at radius 1 is 1.00 bits per heavy atom. The Kier molecular flexibility index (Phi) is 11.0. The van der Waals surface area contributed by atoms with Gasteiger partial charge in [-0.05, 0) is 24.5 Å². The zero-order valence-electron chi connectivity index (χ0n) is 15.8. The number of benzene rings is 2. The van der Waals surface area contributed by atoms with Crippen LogP contribution in [0.3, 0.4) is 0 Å². The summed E-state index contributed by atoms with van der Waals surface area (Å²) < 4.78 is 5.16. The number of hydrogen-bond acceptors (Lipinski definition) is 2. The van der Waals surface area contributed by atoms with Gasteiger partial charge in [-0.25, -0.2) is 0 Å². The molecule has 5 heteroatoms. The van der Waals surface area contributed by atoms with Gasteiger partial charge in [0.05, 0.1) is 6.61 Å². The van der Waals surface area contributed by atoms with Gasteiger partial charge in [0.1, 0.15) is 0 Å². The highest BCUT2D eigenvalue weighted by molar-refractivity contribution is 14.0. The molecule has 0 bridgehead atoms. The molecule has 1 atom stereocenters. The molecule has 26 heavy (non-hydrogen) atoms. The SMILES string of the molecule is CN=C(NCCC(c1ccccc1)c1ccccc1)NC(C)COC.I. The van der Waals surface area contributed by atoms with Crippen LogP contribution in [0, 0.1) is 0 Å². The number of methoxy groups -OCH3 is 1. The van der Waals surface area contributed by atoms with Crippen molar-refractivity contribution >= 4 is 29.9 Å². The van der Waals surface area contributed by atoms with Gasteiger partial charge >= 0.3 is 0 Å². The first-order chi connectivity index (χ1) is 12.2. The average Bonchev–Trinajstić information content (AvgIpc) is 2.66. The fourth-order valence-electron chi connectivity index (χ4n) is 2.95. The topological polar surface area (TPSA) is 45.7 Å². The Morgan fingerprint density at radius 2 is 1.54 bits per heavy atom. The van der Waals surface area contributed by atoms with Crippen LogP contribution in [-0.2, 0) is 4.74 Å². The Bertz CT molecular complexity index is 595. The number of nitrogens with one attached hydrogen (secondary N) is 2. The minimum Gasteiger partial charge on any atom is -0.383 e. The molecule has 0 saturated heterocycles. The van der Waals surface area contributed by atoms with Crippen molar-refractivity contribution in [3.05, 3.63) is 71.8 Å². The third-order valence-corrected chi connectivity index (χ3v) is 4.15. The van der Waals surface area contributed by atoms with E-state index in [0.717, 1.165) is 18.9 Å². The van der Waals surface area contributed by atoms with Gasteiger partial charge in [0, 0.05) is 32.7 Å². The molecule has 2 aromatic rings. The van der Waals surface area contributed by atoms with Crippen molar-refractivity contribution in [3.8, 4) is 0 Å². The van der Waals surface area contributed by atoms with Crippen LogP contribution in [0.25, 0.3) is 0 Å². The van der Waals surface area contributed by atoms with Gasteiger partial charge in [-0.3, -0.25) is 4.99 Å². The predicted octanol–water partition coefficient (Wildman–Crippen LogP) is 4.03. The van der Waals surface area contributed by atoms with Crippen LogP contribution < -0.4 is 10.6 Å². The molecular formula is C21H30IN3O. The minimum atomic E-state index is 0. The second-order valence-electron chi connectivity index (χ2n) is 6.16. The summed E-state index contributed by atoms with van der Waals surface area (Å²) >= 11 is 0. The lowest BCUT2D eigenvalue weighted by molar-refractivity contribution is 0.179. The number of guanidine groups is 1. The van der Waals surface area contributed by atoms with Crippen LogP contribution in [0.5, 0.6) is 0 Å². The molecule has 0 aliphatic heterocycles. The maximum Gasteiger partial charge on any atom is 0.191 e.